The molecule has 112 valence electrons. The van der Waals surface area contributed by atoms with Crippen molar-refractivity contribution in [1.29, 1.82) is 0 Å². The first kappa shape index (κ1) is 17.5. The first-order valence-corrected chi connectivity index (χ1v) is 7.24. The molecule has 0 aromatic heterocycles. The zero-order valence-electron chi connectivity index (χ0n) is 12.8. The summed E-state index contributed by atoms with van der Waals surface area (Å²) in [7, 11) is 0. The van der Waals surface area contributed by atoms with Crippen LogP contribution in [0.25, 0.3) is 12.2 Å². The van der Waals surface area contributed by atoms with Crippen LogP contribution in [0, 0.1) is 13.8 Å². The summed E-state index contributed by atoms with van der Waals surface area (Å²) in [5.74, 6) is 0. The Kier molecular flexibility index (Phi) is 7.21. The van der Waals surface area contributed by atoms with Gasteiger partial charge in [0.05, 0.1) is 0 Å². The minimum Gasteiger partial charge on any atom is -0.330 e. The van der Waals surface area contributed by atoms with Gasteiger partial charge in [0, 0.05) is 0 Å². The number of halogens is 1. The number of aryl methyl sites for hydroxylation is 3. The van der Waals surface area contributed by atoms with E-state index >= 15 is 0 Å². The molecule has 0 aliphatic rings. The van der Waals surface area contributed by atoms with Gasteiger partial charge in [-0.1, -0.05) is 54.6 Å². The van der Waals surface area contributed by atoms with Crippen molar-refractivity contribution in [3.8, 4) is 0 Å². The van der Waals surface area contributed by atoms with Gasteiger partial charge in [0.1, 0.15) is 0 Å². The van der Waals surface area contributed by atoms with E-state index in [0.29, 0.717) is 0 Å². The van der Waals surface area contributed by atoms with Crippen molar-refractivity contribution in [2.24, 2.45) is 5.73 Å². The van der Waals surface area contributed by atoms with E-state index in [4.69, 9.17) is 5.73 Å². The summed E-state index contributed by atoms with van der Waals surface area (Å²) in [5, 5.41) is 0. The summed E-state index contributed by atoms with van der Waals surface area (Å²) in [6, 6.07) is 15.1. The number of hydrogen-bond acceptors (Lipinski definition) is 1. The predicted octanol–water partition coefficient (Wildman–Crippen LogP) is 4.79. The molecule has 0 saturated carbocycles. The molecule has 0 amide bonds. The zero-order valence-corrected chi connectivity index (χ0v) is 13.6. The number of nitrogens with two attached hydrogens (primary N) is 1. The normalized spacial score (nSPS) is 10.6. The van der Waals surface area contributed by atoms with Gasteiger partial charge in [-0.3, -0.25) is 0 Å². The van der Waals surface area contributed by atoms with Crippen LogP contribution >= 0.6 is 12.4 Å². The van der Waals surface area contributed by atoms with E-state index in [2.05, 4.69) is 68.5 Å². The molecule has 2 N–H and O–H groups in total. The van der Waals surface area contributed by atoms with E-state index in [0.717, 1.165) is 19.4 Å². The summed E-state index contributed by atoms with van der Waals surface area (Å²) in [6.07, 6.45) is 6.51. The Morgan fingerprint density at radius 1 is 0.952 bits per heavy atom. The smallest absolute Gasteiger partial charge is 0.00741 e. The maximum absolute atomic E-state index is 5.57. The maximum atomic E-state index is 5.57. The van der Waals surface area contributed by atoms with E-state index in [-0.39, 0.29) is 12.4 Å². The van der Waals surface area contributed by atoms with Crippen LogP contribution in [0.15, 0.2) is 42.5 Å². The molecule has 2 rings (SSSR count). The standard InChI is InChI=1S/C19H23N.ClH/c1-15-6-3-7-16(2)19(15)12-11-18-9-4-8-17(14-18)10-5-13-20;/h3-4,6-9,11-12,14H,5,10,13,20H2,1-2H3;1H/b12-11+;. The third kappa shape index (κ3) is 5.04. The summed E-state index contributed by atoms with van der Waals surface area (Å²) < 4.78 is 0. The van der Waals surface area contributed by atoms with Crippen molar-refractivity contribution in [3.05, 3.63) is 70.3 Å². The molecule has 0 radical (unpaired) electrons. The minimum atomic E-state index is 0. The van der Waals surface area contributed by atoms with Crippen molar-refractivity contribution >= 4 is 24.6 Å². The minimum absolute atomic E-state index is 0. The average Bonchev–Trinajstić information content (AvgIpc) is 2.45. The molecule has 0 saturated heterocycles. The number of hydrogen-bond donors (Lipinski definition) is 1. The highest BCUT2D eigenvalue weighted by molar-refractivity contribution is 5.85. The summed E-state index contributed by atoms with van der Waals surface area (Å²) in [6.45, 7) is 5.07. The van der Waals surface area contributed by atoms with Crippen LogP contribution in [0.3, 0.4) is 0 Å². The second kappa shape index (κ2) is 8.66. The molecule has 0 spiro atoms. The Balaban J connectivity index is 0.00000220. The molecular formula is C19H24ClN. The Bertz CT molecular complexity index is 582. The SMILES string of the molecule is Cc1cccc(C)c1/C=C/c1cccc(CCCN)c1.Cl. The van der Waals surface area contributed by atoms with E-state index in [1.807, 2.05) is 0 Å². The van der Waals surface area contributed by atoms with Crippen molar-refractivity contribution in [2.75, 3.05) is 6.54 Å². The van der Waals surface area contributed by atoms with Gasteiger partial charge < -0.3 is 5.73 Å². The molecule has 2 aromatic carbocycles. The van der Waals surface area contributed by atoms with Gasteiger partial charge in [0.25, 0.3) is 0 Å². The van der Waals surface area contributed by atoms with Crippen molar-refractivity contribution in [3.63, 3.8) is 0 Å². The largest absolute Gasteiger partial charge is 0.330 e. The lowest BCUT2D eigenvalue weighted by molar-refractivity contribution is 0.832. The fraction of sp³-hybridized carbons (Fsp3) is 0.263. The average molecular weight is 302 g/mol. The molecular weight excluding hydrogens is 278 g/mol. The Morgan fingerprint density at radius 2 is 1.62 bits per heavy atom. The molecule has 1 nitrogen and oxygen atoms in total. The lowest BCUT2D eigenvalue weighted by Gasteiger charge is -2.05. The highest BCUT2D eigenvalue weighted by Gasteiger charge is 1.98. The van der Waals surface area contributed by atoms with Crippen LogP contribution in [0.1, 0.15) is 34.2 Å². The van der Waals surface area contributed by atoms with E-state index in [1.54, 1.807) is 0 Å². The fourth-order valence-corrected chi connectivity index (χ4v) is 2.43. The fourth-order valence-electron chi connectivity index (χ4n) is 2.43. The molecule has 0 unspecified atom stereocenters. The Morgan fingerprint density at radius 3 is 2.29 bits per heavy atom. The molecule has 0 bridgehead atoms. The molecule has 0 aliphatic heterocycles. The molecule has 0 heterocycles. The second-order valence-corrected chi connectivity index (χ2v) is 5.28. The molecule has 2 heteroatoms. The Labute approximate surface area is 134 Å². The van der Waals surface area contributed by atoms with Gasteiger partial charge in [-0.25, -0.2) is 0 Å². The highest BCUT2D eigenvalue weighted by atomic mass is 35.5. The lowest BCUT2D eigenvalue weighted by Crippen LogP contribution is -2.00. The molecule has 0 fully saturated rings. The monoisotopic (exact) mass is 301 g/mol. The van der Waals surface area contributed by atoms with Crippen molar-refractivity contribution < 1.29 is 0 Å². The summed E-state index contributed by atoms with van der Waals surface area (Å²) in [5.41, 5.74) is 12.1. The quantitative estimate of drug-likeness (QED) is 0.790. The van der Waals surface area contributed by atoms with Gasteiger partial charge in [-0.05, 0) is 61.1 Å². The van der Waals surface area contributed by atoms with Crippen LogP contribution in [-0.4, -0.2) is 6.54 Å². The van der Waals surface area contributed by atoms with Gasteiger partial charge >= 0.3 is 0 Å². The van der Waals surface area contributed by atoms with Crippen LogP contribution < -0.4 is 5.73 Å². The third-order valence-electron chi connectivity index (χ3n) is 3.61. The molecule has 2 aromatic rings. The van der Waals surface area contributed by atoms with Gasteiger partial charge in [0.2, 0.25) is 0 Å². The lowest BCUT2D eigenvalue weighted by atomic mass is 10.0. The molecule has 21 heavy (non-hydrogen) atoms. The maximum Gasteiger partial charge on any atom is -0.00741 e. The van der Waals surface area contributed by atoms with Crippen LogP contribution in [-0.2, 0) is 6.42 Å². The molecule has 0 atom stereocenters. The number of rotatable bonds is 5. The van der Waals surface area contributed by atoms with Gasteiger partial charge in [-0.2, -0.15) is 0 Å². The van der Waals surface area contributed by atoms with E-state index in [9.17, 15) is 0 Å². The topological polar surface area (TPSA) is 26.0 Å². The highest BCUT2D eigenvalue weighted by Crippen LogP contribution is 2.17. The van der Waals surface area contributed by atoms with Crippen LogP contribution in [0.5, 0.6) is 0 Å². The summed E-state index contributed by atoms with van der Waals surface area (Å²) >= 11 is 0. The van der Waals surface area contributed by atoms with Crippen LogP contribution in [0.4, 0.5) is 0 Å². The third-order valence-corrected chi connectivity index (χ3v) is 3.61. The first-order chi connectivity index (χ1) is 9.70. The van der Waals surface area contributed by atoms with Gasteiger partial charge in [0.15, 0.2) is 0 Å². The number of benzene rings is 2. The molecule has 0 aliphatic carbocycles. The second-order valence-electron chi connectivity index (χ2n) is 5.28. The predicted molar refractivity (Wildman–Crippen MR) is 95.9 cm³/mol. The zero-order chi connectivity index (χ0) is 14.4. The van der Waals surface area contributed by atoms with E-state index in [1.165, 1.54) is 27.8 Å². The van der Waals surface area contributed by atoms with Crippen molar-refractivity contribution in [2.45, 2.75) is 26.7 Å². The summed E-state index contributed by atoms with van der Waals surface area (Å²) in [4.78, 5) is 0. The van der Waals surface area contributed by atoms with E-state index < -0.39 is 0 Å². The van der Waals surface area contributed by atoms with Crippen LogP contribution in [0.2, 0.25) is 0 Å². The first-order valence-electron chi connectivity index (χ1n) is 7.24. The van der Waals surface area contributed by atoms with Gasteiger partial charge in [-0.15, -0.1) is 12.4 Å². The Hall–Kier alpha value is -1.57. The van der Waals surface area contributed by atoms with Crippen molar-refractivity contribution in [1.82, 2.24) is 0 Å².